The van der Waals surface area contributed by atoms with Gasteiger partial charge in [0.15, 0.2) is 0 Å². The number of aromatic amines is 1. The molecular formula is C16H18N2. The van der Waals surface area contributed by atoms with Crippen LogP contribution in [-0.4, -0.2) is 23.0 Å². The third kappa shape index (κ3) is 1.41. The molecular weight excluding hydrogens is 220 g/mol. The lowest BCUT2D eigenvalue weighted by Crippen LogP contribution is -2.29. The van der Waals surface area contributed by atoms with Crippen molar-refractivity contribution in [2.75, 3.05) is 7.05 Å². The summed E-state index contributed by atoms with van der Waals surface area (Å²) in [7, 11) is 2.24. The summed E-state index contributed by atoms with van der Waals surface area (Å²) in [6, 6.07) is 11.6. The summed E-state index contributed by atoms with van der Waals surface area (Å²) in [5, 5.41) is 1.33. The number of fused-ring (bicyclic) bond motifs is 3. The molecule has 2 heteroatoms. The van der Waals surface area contributed by atoms with E-state index >= 15 is 0 Å². The van der Waals surface area contributed by atoms with Gasteiger partial charge in [-0.15, -0.1) is 0 Å². The third-order valence-corrected chi connectivity index (χ3v) is 4.60. The molecule has 2 aromatic rings. The van der Waals surface area contributed by atoms with Crippen LogP contribution in [0.5, 0.6) is 0 Å². The second-order valence-electron chi connectivity index (χ2n) is 5.62. The quantitative estimate of drug-likeness (QED) is 0.803. The van der Waals surface area contributed by atoms with Gasteiger partial charge in [0.05, 0.1) is 0 Å². The van der Waals surface area contributed by atoms with Crippen molar-refractivity contribution in [2.45, 2.75) is 31.2 Å². The molecule has 1 unspecified atom stereocenters. The summed E-state index contributed by atoms with van der Waals surface area (Å²) in [4.78, 5) is 6.06. The first-order chi connectivity index (χ1) is 8.81. The van der Waals surface area contributed by atoms with Gasteiger partial charge in [-0.3, -0.25) is 0 Å². The van der Waals surface area contributed by atoms with Crippen molar-refractivity contribution in [3.8, 4) is 0 Å². The number of H-pyrrole nitrogens is 1. The largest absolute Gasteiger partial charge is 0.375 e. The van der Waals surface area contributed by atoms with Gasteiger partial charge in [-0.2, -0.15) is 0 Å². The van der Waals surface area contributed by atoms with Crippen molar-refractivity contribution in [3.63, 3.8) is 0 Å². The maximum Gasteiger partial charge on any atom is 0.0456 e. The molecule has 1 N–H and O–H groups in total. The number of allylic oxidation sites excluding steroid dienone is 2. The smallest absolute Gasteiger partial charge is 0.0456 e. The first-order valence-electron chi connectivity index (χ1n) is 6.82. The number of nitrogens with one attached hydrogen (secondary N) is 1. The number of benzene rings is 1. The maximum absolute atomic E-state index is 3.59. The van der Waals surface area contributed by atoms with Crippen molar-refractivity contribution >= 4 is 10.9 Å². The van der Waals surface area contributed by atoms with Crippen LogP contribution in [0.25, 0.3) is 10.9 Å². The molecule has 0 radical (unpaired) electrons. The second kappa shape index (κ2) is 3.64. The Morgan fingerprint density at radius 1 is 1.28 bits per heavy atom. The number of aromatic nitrogens is 1. The lowest BCUT2D eigenvalue weighted by Gasteiger charge is -2.31. The van der Waals surface area contributed by atoms with E-state index in [0.29, 0.717) is 5.92 Å². The van der Waals surface area contributed by atoms with Gasteiger partial charge in [-0.25, -0.2) is 0 Å². The molecule has 0 aliphatic carbocycles. The van der Waals surface area contributed by atoms with Crippen LogP contribution in [0.3, 0.4) is 0 Å². The zero-order valence-electron chi connectivity index (χ0n) is 10.7. The molecule has 0 spiro atoms. The van der Waals surface area contributed by atoms with E-state index in [1.165, 1.54) is 41.6 Å². The van der Waals surface area contributed by atoms with Crippen LogP contribution in [-0.2, 0) is 0 Å². The Bertz CT molecular complexity index is 590. The second-order valence-corrected chi connectivity index (χ2v) is 5.62. The van der Waals surface area contributed by atoms with Crippen LogP contribution in [0.2, 0.25) is 0 Å². The molecule has 2 aliphatic rings. The molecule has 18 heavy (non-hydrogen) atoms. The van der Waals surface area contributed by atoms with Gasteiger partial charge in [0, 0.05) is 35.9 Å². The number of para-hydroxylation sites is 1. The van der Waals surface area contributed by atoms with E-state index in [-0.39, 0.29) is 0 Å². The van der Waals surface area contributed by atoms with Crippen molar-refractivity contribution in [1.82, 2.24) is 9.88 Å². The van der Waals surface area contributed by atoms with Crippen LogP contribution >= 0.6 is 0 Å². The highest BCUT2D eigenvalue weighted by atomic mass is 15.2. The van der Waals surface area contributed by atoms with Crippen molar-refractivity contribution in [2.24, 2.45) is 0 Å². The lowest BCUT2D eigenvalue weighted by atomic mass is 9.94. The fourth-order valence-electron chi connectivity index (χ4n) is 3.50. The predicted octanol–water partition coefficient (Wildman–Crippen LogP) is 3.63. The predicted molar refractivity (Wildman–Crippen MR) is 74.5 cm³/mol. The molecule has 0 amide bonds. The Hall–Kier alpha value is -1.70. The standard InChI is InChI=1S/C16H18N2/c1-18-13-6-7-14(18)9-12(8-13)16-10-11-4-2-3-5-15(11)17-16/h2-5,8,10,12,14,17H,6-7,9H2,1H3/t12?,14-/m0/s1. The van der Waals surface area contributed by atoms with E-state index in [1.807, 2.05) is 0 Å². The minimum atomic E-state index is 0.580. The van der Waals surface area contributed by atoms with Crippen LogP contribution in [0.4, 0.5) is 0 Å². The van der Waals surface area contributed by atoms with Gasteiger partial charge in [-0.1, -0.05) is 24.3 Å². The Morgan fingerprint density at radius 3 is 3.00 bits per heavy atom. The molecule has 2 aliphatic heterocycles. The minimum Gasteiger partial charge on any atom is -0.375 e. The maximum atomic E-state index is 3.59. The van der Waals surface area contributed by atoms with Gasteiger partial charge < -0.3 is 9.88 Å². The summed E-state index contributed by atoms with van der Waals surface area (Å²) in [5.41, 5.74) is 4.18. The summed E-state index contributed by atoms with van der Waals surface area (Å²) >= 11 is 0. The fourth-order valence-corrected chi connectivity index (χ4v) is 3.50. The molecule has 0 saturated carbocycles. The van der Waals surface area contributed by atoms with Crippen molar-refractivity contribution in [1.29, 1.82) is 0 Å². The molecule has 1 fully saturated rings. The van der Waals surface area contributed by atoms with Crippen LogP contribution in [0, 0.1) is 0 Å². The summed E-state index contributed by atoms with van der Waals surface area (Å²) in [5.74, 6) is 0.580. The highest BCUT2D eigenvalue weighted by Gasteiger charge is 2.32. The van der Waals surface area contributed by atoms with Gasteiger partial charge in [0.1, 0.15) is 0 Å². The average molecular weight is 238 g/mol. The summed E-state index contributed by atoms with van der Waals surface area (Å²) in [6.45, 7) is 0. The number of nitrogens with zero attached hydrogens (tertiary/aromatic N) is 1. The van der Waals surface area contributed by atoms with Crippen LogP contribution < -0.4 is 0 Å². The van der Waals surface area contributed by atoms with Crippen molar-refractivity contribution in [3.05, 3.63) is 47.8 Å². The lowest BCUT2D eigenvalue weighted by molar-refractivity contribution is 0.304. The highest BCUT2D eigenvalue weighted by Crippen LogP contribution is 2.40. The molecule has 1 aromatic heterocycles. The summed E-state index contributed by atoms with van der Waals surface area (Å²) in [6.07, 6.45) is 6.32. The molecule has 2 nitrogen and oxygen atoms in total. The molecule has 92 valence electrons. The van der Waals surface area contributed by atoms with Gasteiger partial charge in [-0.05, 0) is 36.8 Å². The number of rotatable bonds is 1. The Balaban J connectivity index is 1.76. The molecule has 2 atom stereocenters. The van der Waals surface area contributed by atoms with E-state index < -0.39 is 0 Å². The normalized spacial score (nSPS) is 26.7. The fraction of sp³-hybridized carbons (Fsp3) is 0.375. The molecule has 1 aromatic carbocycles. The zero-order chi connectivity index (χ0) is 12.1. The first kappa shape index (κ1) is 10.2. The summed E-state index contributed by atoms with van der Waals surface area (Å²) < 4.78 is 0. The number of hydrogen-bond donors (Lipinski definition) is 1. The molecule has 1 saturated heterocycles. The van der Waals surface area contributed by atoms with E-state index in [4.69, 9.17) is 0 Å². The van der Waals surface area contributed by atoms with E-state index in [1.54, 1.807) is 0 Å². The van der Waals surface area contributed by atoms with Gasteiger partial charge >= 0.3 is 0 Å². The first-order valence-corrected chi connectivity index (χ1v) is 6.82. The molecule has 2 bridgehead atoms. The Morgan fingerprint density at radius 2 is 2.17 bits per heavy atom. The monoisotopic (exact) mass is 238 g/mol. The van der Waals surface area contributed by atoms with Crippen LogP contribution in [0.1, 0.15) is 30.9 Å². The minimum absolute atomic E-state index is 0.580. The Kier molecular flexibility index (Phi) is 2.07. The molecule has 4 rings (SSSR count). The SMILES string of the molecule is CN1C2=CC(c3cc4ccccc4[nH]3)C[C@@H]1CC2. The van der Waals surface area contributed by atoms with E-state index in [2.05, 4.69) is 53.3 Å². The highest BCUT2D eigenvalue weighted by molar-refractivity contribution is 5.80. The van der Waals surface area contributed by atoms with Crippen molar-refractivity contribution < 1.29 is 0 Å². The van der Waals surface area contributed by atoms with E-state index in [9.17, 15) is 0 Å². The molecule has 3 heterocycles. The average Bonchev–Trinajstić information content (AvgIpc) is 2.87. The van der Waals surface area contributed by atoms with Gasteiger partial charge in [0.2, 0.25) is 0 Å². The third-order valence-electron chi connectivity index (χ3n) is 4.60. The van der Waals surface area contributed by atoms with Crippen LogP contribution in [0.15, 0.2) is 42.1 Å². The zero-order valence-corrected chi connectivity index (χ0v) is 10.7. The number of hydrogen-bond acceptors (Lipinski definition) is 1. The Labute approximate surface area is 107 Å². The van der Waals surface area contributed by atoms with E-state index in [0.717, 1.165) is 6.04 Å². The van der Waals surface area contributed by atoms with Gasteiger partial charge in [0.25, 0.3) is 0 Å². The topological polar surface area (TPSA) is 19.0 Å².